The van der Waals surface area contributed by atoms with Gasteiger partial charge in [0.1, 0.15) is 11.4 Å². The Bertz CT molecular complexity index is 661. The van der Waals surface area contributed by atoms with Gasteiger partial charge < -0.3 is 5.32 Å². The van der Waals surface area contributed by atoms with Gasteiger partial charge in [-0.1, -0.05) is 35.4 Å². The van der Waals surface area contributed by atoms with Gasteiger partial charge in [-0.3, -0.25) is 0 Å². The van der Waals surface area contributed by atoms with Crippen LogP contribution >= 0.6 is 11.6 Å². The molecular formula is C16H14ClFN2. The van der Waals surface area contributed by atoms with E-state index in [9.17, 15) is 9.65 Å². The Kier molecular flexibility index (Phi) is 3.96. The molecule has 1 unspecified atom stereocenters. The second kappa shape index (κ2) is 5.52. The van der Waals surface area contributed by atoms with E-state index in [1.165, 1.54) is 18.2 Å². The first kappa shape index (κ1) is 14.4. The van der Waals surface area contributed by atoms with Gasteiger partial charge in [-0.25, -0.2) is 4.39 Å². The predicted octanol–water partition coefficient (Wildman–Crippen LogP) is 4.64. The number of nitrogens with zero attached hydrogens (tertiary/aromatic N) is 1. The average Bonchev–Trinajstić information content (AvgIpc) is 2.41. The molecule has 0 heterocycles. The molecule has 0 spiro atoms. The minimum absolute atomic E-state index is 0.230. The van der Waals surface area contributed by atoms with Crippen LogP contribution in [-0.2, 0) is 5.54 Å². The zero-order chi connectivity index (χ0) is 14.8. The number of benzene rings is 2. The maximum atomic E-state index is 13.1. The topological polar surface area (TPSA) is 35.8 Å². The fourth-order valence-electron chi connectivity index (χ4n) is 1.98. The maximum absolute atomic E-state index is 13.1. The number of rotatable bonds is 3. The molecule has 0 aromatic heterocycles. The Labute approximate surface area is 122 Å². The smallest absolute Gasteiger partial charge is 0.149 e. The predicted molar refractivity (Wildman–Crippen MR) is 79.2 cm³/mol. The summed E-state index contributed by atoms with van der Waals surface area (Å²) in [5, 5.41) is 12.9. The molecule has 0 bridgehead atoms. The van der Waals surface area contributed by atoms with Gasteiger partial charge in [-0.15, -0.1) is 0 Å². The van der Waals surface area contributed by atoms with E-state index in [0.717, 1.165) is 11.3 Å². The summed E-state index contributed by atoms with van der Waals surface area (Å²) >= 11 is 6.05. The number of nitrogens with one attached hydrogen (secondary N) is 1. The third-order valence-corrected chi connectivity index (χ3v) is 3.45. The molecule has 0 saturated heterocycles. The van der Waals surface area contributed by atoms with Crippen LogP contribution in [-0.4, -0.2) is 0 Å². The van der Waals surface area contributed by atoms with Gasteiger partial charge in [0.2, 0.25) is 0 Å². The van der Waals surface area contributed by atoms with E-state index in [1.54, 1.807) is 6.92 Å². The summed E-state index contributed by atoms with van der Waals surface area (Å²) in [4.78, 5) is 0. The van der Waals surface area contributed by atoms with Gasteiger partial charge in [0.15, 0.2) is 0 Å². The largest absolute Gasteiger partial charge is 0.364 e. The normalized spacial score (nSPS) is 13.3. The molecule has 2 nitrogen and oxygen atoms in total. The van der Waals surface area contributed by atoms with Crippen molar-refractivity contribution in [1.82, 2.24) is 0 Å². The van der Waals surface area contributed by atoms with Crippen molar-refractivity contribution in [1.29, 1.82) is 5.26 Å². The number of halogens is 2. The molecule has 2 aromatic carbocycles. The highest BCUT2D eigenvalue weighted by Gasteiger charge is 2.28. The Hall–Kier alpha value is -2.05. The quantitative estimate of drug-likeness (QED) is 0.893. The van der Waals surface area contributed by atoms with Gasteiger partial charge in [0.25, 0.3) is 0 Å². The first-order chi connectivity index (χ1) is 9.44. The number of nitriles is 1. The summed E-state index contributed by atoms with van der Waals surface area (Å²) in [5.74, 6) is -0.422. The van der Waals surface area contributed by atoms with Crippen LogP contribution in [0.4, 0.5) is 10.1 Å². The highest BCUT2D eigenvalue weighted by atomic mass is 35.5. The van der Waals surface area contributed by atoms with E-state index >= 15 is 0 Å². The zero-order valence-electron chi connectivity index (χ0n) is 11.2. The van der Waals surface area contributed by atoms with E-state index in [-0.39, 0.29) is 5.02 Å². The number of aryl methyl sites for hydroxylation is 1. The van der Waals surface area contributed by atoms with Crippen molar-refractivity contribution >= 4 is 17.3 Å². The van der Waals surface area contributed by atoms with Gasteiger partial charge in [0.05, 0.1) is 11.1 Å². The van der Waals surface area contributed by atoms with Crippen molar-refractivity contribution in [3.8, 4) is 6.07 Å². The molecule has 0 aliphatic heterocycles. The van der Waals surface area contributed by atoms with Crippen LogP contribution in [0, 0.1) is 24.1 Å². The lowest BCUT2D eigenvalue weighted by atomic mass is 9.93. The minimum atomic E-state index is -1.03. The standard InChI is InChI=1S/C16H14ClFN2/c1-11-3-6-13(7-4-11)20-16(2,10-19)14-8-5-12(18)9-15(14)17/h3-9,20H,1-2H3. The molecule has 2 rings (SSSR count). The van der Waals surface area contributed by atoms with Crippen LogP contribution in [0.25, 0.3) is 0 Å². The Morgan fingerprint density at radius 2 is 1.85 bits per heavy atom. The van der Waals surface area contributed by atoms with Crippen molar-refractivity contribution in [2.45, 2.75) is 19.4 Å². The first-order valence-corrected chi connectivity index (χ1v) is 6.54. The first-order valence-electron chi connectivity index (χ1n) is 6.16. The average molecular weight is 289 g/mol. The van der Waals surface area contributed by atoms with Crippen LogP contribution < -0.4 is 5.32 Å². The van der Waals surface area contributed by atoms with Crippen molar-refractivity contribution in [3.05, 3.63) is 64.4 Å². The number of hydrogen-bond acceptors (Lipinski definition) is 2. The molecule has 102 valence electrons. The Balaban J connectivity index is 2.38. The lowest BCUT2D eigenvalue weighted by Crippen LogP contribution is -2.30. The van der Waals surface area contributed by atoms with Crippen LogP contribution in [0.3, 0.4) is 0 Å². The fraction of sp³-hybridized carbons (Fsp3) is 0.188. The maximum Gasteiger partial charge on any atom is 0.149 e. The third kappa shape index (κ3) is 2.92. The minimum Gasteiger partial charge on any atom is -0.364 e. The van der Waals surface area contributed by atoms with Crippen molar-refractivity contribution in [2.75, 3.05) is 5.32 Å². The van der Waals surface area contributed by atoms with Crippen molar-refractivity contribution < 1.29 is 4.39 Å². The molecule has 0 fully saturated rings. The van der Waals surface area contributed by atoms with E-state index in [0.29, 0.717) is 5.56 Å². The van der Waals surface area contributed by atoms with Crippen molar-refractivity contribution in [2.24, 2.45) is 0 Å². The van der Waals surface area contributed by atoms with E-state index < -0.39 is 11.4 Å². The van der Waals surface area contributed by atoms with Gasteiger partial charge in [-0.2, -0.15) is 5.26 Å². The van der Waals surface area contributed by atoms with Crippen LogP contribution in [0.1, 0.15) is 18.1 Å². The number of anilines is 1. The molecule has 1 N–H and O–H groups in total. The van der Waals surface area contributed by atoms with E-state index in [1.807, 2.05) is 31.2 Å². The SMILES string of the molecule is Cc1ccc(NC(C)(C#N)c2ccc(F)cc2Cl)cc1. The second-order valence-corrected chi connectivity index (χ2v) is 5.26. The molecule has 0 saturated carbocycles. The summed E-state index contributed by atoms with van der Waals surface area (Å²) < 4.78 is 13.1. The van der Waals surface area contributed by atoms with Crippen LogP contribution in [0.2, 0.25) is 5.02 Å². The summed E-state index contributed by atoms with van der Waals surface area (Å²) in [6, 6.07) is 13.9. The van der Waals surface area contributed by atoms with Crippen molar-refractivity contribution in [3.63, 3.8) is 0 Å². The third-order valence-electron chi connectivity index (χ3n) is 3.14. The highest BCUT2D eigenvalue weighted by molar-refractivity contribution is 6.31. The van der Waals surface area contributed by atoms with Gasteiger partial charge in [-0.05, 0) is 38.1 Å². The molecule has 0 aliphatic rings. The summed E-state index contributed by atoms with van der Waals surface area (Å²) in [5.41, 5.74) is 1.46. The lowest BCUT2D eigenvalue weighted by molar-refractivity contribution is 0.623. The molecule has 2 aromatic rings. The van der Waals surface area contributed by atoms with E-state index in [4.69, 9.17) is 11.6 Å². The monoisotopic (exact) mass is 288 g/mol. The Morgan fingerprint density at radius 1 is 1.20 bits per heavy atom. The molecular weight excluding hydrogens is 275 g/mol. The fourth-order valence-corrected chi connectivity index (χ4v) is 2.33. The summed E-state index contributed by atoms with van der Waals surface area (Å²) in [6.07, 6.45) is 0. The molecule has 4 heteroatoms. The molecule has 0 radical (unpaired) electrons. The van der Waals surface area contributed by atoms with Crippen LogP contribution in [0.5, 0.6) is 0 Å². The van der Waals surface area contributed by atoms with Gasteiger partial charge in [0, 0.05) is 11.3 Å². The summed E-state index contributed by atoms with van der Waals surface area (Å²) in [7, 11) is 0. The molecule has 1 atom stereocenters. The molecule has 20 heavy (non-hydrogen) atoms. The highest BCUT2D eigenvalue weighted by Crippen LogP contribution is 2.31. The summed E-state index contributed by atoms with van der Waals surface area (Å²) in [6.45, 7) is 3.70. The van der Waals surface area contributed by atoms with E-state index in [2.05, 4.69) is 11.4 Å². The molecule has 0 aliphatic carbocycles. The molecule has 0 amide bonds. The van der Waals surface area contributed by atoms with Crippen LogP contribution in [0.15, 0.2) is 42.5 Å². The zero-order valence-corrected chi connectivity index (χ0v) is 12.0. The van der Waals surface area contributed by atoms with Gasteiger partial charge >= 0.3 is 0 Å². The number of hydrogen-bond donors (Lipinski definition) is 1. The second-order valence-electron chi connectivity index (χ2n) is 4.85. The Morgan fingerprint density at radius 3 is 2.40 bits per heavy atom. The lowest BCUT2D eigenvalue weighted by Gasteiger charge is -2.26.